The fourth-order valence-electron chi connectivity index (χ4n) is 8.86. The molecule has 4 bridgehead atoms. The van der Waals surface area contributed by atoms with Gasteiger partial charge >= 0.3 is 12.1 Å². The standard InChI is InChI=1S/C34H39N3O5/c1-34(17-26-18-35-28-10-6-5-9-27(26)28,36-33(41)42-30-23-12-20-11-21(14-23)15-24(30)13-20)32(40)37-19-25(16-29(37)31(38)39)22-7-3-2-4-8-22/h2-10,18,20-21,23-25,29-30,35H,11-17,19H2,1H3,(H,36,41)(H,38,39)/t20?,21?,23?,24?,25?,29-,30?,34-/m1/s1. The number of likely N-dealkylation sites (tertiary alicyclic amines) is 1. The van der Waals surface area contributed by atoms with Crippen molar-refractivity contribution in [3.05, 3.63) is 71.9 Å². The van der Waals surface area contributed by atoms with Gasteiger partial charge in [0.1, 0.15) is 17.7 Å². The first-order valence-electron chi connectivity index (χ1n) is 15.4. The molecule has 42 heavy (non-hydrogen) atoms. The number of nitrogens with zero attached hydrogens (tertiary/aromatic N) is 1. The Bertz CT molecular complexity index is 1470. The van der Waals surface area contributed by atoms with E-state index in [0.29, 0.717) is 18.3 Å². The molecular formula is C34H39N3O5. The van der Waals surface area contributed by atoms with Crippen molar-refractivity contribution in [3.63, 3.8) is 0 Å². The van der Waals surface area contributed by atoms with E-state index in [2.05, 4.69) is 10.3 Å². The molecule has 8 rings (SSSR count). The predicted molar refractivity (Wildman–Crippen MR) is 158 cm³/mol. The van der Waals surface area contributed by atoms with Gasteiger partial charge in [0.2, 0.25) is 5.91 Å². The van der Waals surface area contributed by atoms with E-state index in [0.717, 1.165) is 59.5 Å². The molecule has 8 nitrogen and oxygen atoms in total. The minimum absolute atomic E-state index is 0.103. The van der Waals surface area contributed by atoms with Gasteiger partial charge < -0.3 is 25.0 Å². The number of carbonyl (C=O) groups is 3. The normalized spacial score (nSPS) is 31.2. The van der Waals surface area contributed by atoms with Crippen molar-refractivity contribution in [3.8, 4) is 0 Å². The molecule has 1 unspecified atom stereocenters. The fraction of sp³-hybridized carbons (Fsp3) is 0.500. The number of ether oxygens (including phenoxy) is 1. The second-order valence-corrected chi connectivity index (χ2v) is 13.4. The number of rotatable bonds is 7. The molecule has 8 heteroatoms. The van der Waals surface area contributed by atoms with Gasteiger partial charge in [0.25, 0.3) is 0 Å². The van der Waals surface area contributed by atoms with Crippen molar-refractivity contribution in [1.82, 2.24) is 15.2 Å². The molecule has 4 saturated carbocycles. The molecule has 5 fully saturated rings. The van der Waals surface area contributed by atoms with Crippen molar-refractivity contribution < 1.29 is 24.2 Å². The van der Waals surface area contributed by atoms with E-state index in [1.54, 1.807) is 6.92 Å². The number of hydrogen-bond acceptors (Lipinski definition) is 4. The van der Waals surface area contributed by atoms with Crippen LogP contribution >= 0.6 is 0 Å². The van der Waals surface area contributed by atoms with Crippen LogP contribution in [0.1, 0.15) is 62.5 Å². The van der Waals surface area contributed by atoms with Crippen molar-refractivity contribution >= 4 is 28.9 Å². The first-order valence-corrected chi connectivity index (χ1v) is 15.4. The first-order chi connectivity index (χ1) is 20.3. The molecule has 3 aromatic rings. The summed E-state index contributed by atoms with van der Waals surface area (Å²) < 4.78 is 6.16. The highest BCUT2D eigenvalue weighted by Gasteiger charge is 2.51. The number of hydrogen-bond donors (Lipinski definition) is 3. The number of aliphatic carboxylic acids is 1. The summed E-state index contributed by atoms with van der Waals surface area (Å²) in [6.07, 6.45) is 7.46. The van der Waals surface area contributed by atoms with Crippen LogP contribution < -0.4 is 5.32 Å². The van der Waals surface area contributed by atoms with Crippen LogP contribution in [0.25, 0.3) is 10.9 Å². The van der Waals surface area contributed by atoms with Gasteiger partial charge in [0.05, 0.1) is 0 Å². The van der Waals surface area contributed by atoms with E-state index in [4.69, 9.17) is 4.74 Å². The molecule has 3 atom stereocenters. The maximum absolute atomic E-state index is 14.5. The number of aromatic amines is 1. The van der Waals surface area contributed by atoms with Gasteiger partial charge in [-0.3, -0.25) is 4.79 Å². The number of carboxylic acids is 1. The molecule has 0 spiro atoms. The van der Waals surface area contributed by atoms with Crippen LogP contribution in [0.3, 0.4) is 0 Å². The lowest BCUT2D eigenvalue weighted by atomic mass is 9.55. The molecule has 4 aliphatic carbocycles. The highest BCUT2D eigenvalue weighted by atomic mass is 16.6. The van der Waals surface area contributed by atoms with Crippen LogP contribution in [-0.4, -0.2) is 57.2 Å². The Morgan fingerprint density at radius 3 is 2.31 bits per heavy atom. The SMILES string of the molecule is C[C@](Cc1c[nH]c2ccccc12)(NC(=O)OC1C2CC3CC(C2)CC1C3)C(=O)N1CC(c2ccccc2)C[C@@H]1C(=O)O. The topological polar surface area (TPSA) is 112 Å². The number of carboxylic acid groups (broad SMARTS) is 1. The third-order valence-corrected chi connectivity index (χ3v) is 10.6. The summed E-state index contributed by atoms with van der Waals surface area (Å²) in [7, 11) is 0. The molecule has 1 saturated heterocycles. The van der Waals surface area contributed by atoms with Crippen LogP contribution in [0.5, 0.6) is 0 Å². The van der Waals surface area contributed by atoms with Gasteiger partial charge in [0.15, 0.2) is 0 Å². The number of alkyl carbamates (subject to hydrolysis) is 1. The van der Waals surface area contributed by atoms with E-state index in [9.17, 15) is 19.5 Å². The lowest BCUT2D eigenvalue weighted by Gasteiger charge is -2.53. The Balaban J connectivity index is 1.17. The molecule has 1 aromatic heterocycles. The zero-order valence-corrected chi connectivity index (χ0v) is 24.0. The lowest BCUT2D eigenvalue weighted by Crippen LogP contribution is -2.61. The molecule has 2 amide bonds. The molecule has 1 aliphatic heterocycles. The third-order valence-electron chi connectivity index (χ3n) is 10.6. The van der Waals surface area contributed by atoms with Crippen LogP contribution in [0, 0.1) is 23.7 Å². The largest absolute Gasteiger partial charge is 0.480 e. The van der Waals surface area contributed by atoms with Crippen molar-refractivity contribution in [2.24, 2.45) is 23.7 Å². The summed E-state index contributed by atoms with van der Waals surface area (Å²) in [6, 6.07) is 16.6. The first kappa shape index (κ1) is 27.0. The van der Waals surface area contributed by atoms with E-state index < -0.39 is 29.6 Å². The highest BCUT2D eigenvalue weighted by Crippen LogP contribution is 2.54. The van der Waals surface area contributed by atoms with Gasteiger partial charge in [-0.25, -0.2) is 9.59 Å². The Morgan fingerprint density at radius 2 is 1.62 bits per heavy atom. The maximum Gasteiger partial charge on any atom is 0.408 e. The van der Waals surface area contributed by atoms with E-state index in [1.807, 2.05) is 60.8 Å². The van der Waals surface area contributed by atoms with E-state index >= 15 is 0 Å². The highest BCUT2D eigenvalue weighted by molar-refractivity contribution is 5.94. The summed E-state index contributed by atoms with van der Waals surface area (Å²) in [5.41, 5.74) is 1.41. The summed E-state index contributed by atoms with van der Waals surface area (Å²) in [5.74, 6) is 0.754. The van der Waals surface area contributed by atoms with Crippen LogP contribution in [0.15, 0.2) is 60.8 Å². The van der Waals surface area contributed by atoms with Crippen molar-refractivity contribution in [2.75, 3.05) is 6.54 Å². The number of carbonyl (C=O) groups excluding carboxylic acids is 2. The predicted octanol–water partition coefficient (Wildman–Crippen LogP) is 5.49. The van der Waals surface area contributed by atoms with Crippen molar-refractivity contribution in [1.29, 1.82) is 0 Å². The smallest absolute Gasteiger partial charge is 0.408 e. The average Bonchev–Trinajstić information content (AvgIpc) is 3.60. The zero-order valence-electron chi connectivity index (χ0n) is 24.0. The van der Waals surface area contributed by atoms with Gasteiger partial charge in [-0.15, -0.1) is 0 Å². The quantitative estimate of drug-likeness (QED) is 0.349. The Hall–Kier alpha value is -3.81. The number of benzene rings is 2. The molecule has 2 aromatic carbocycles. The molecular weight excluding hydrogens is 530 g/mol. The number of nitrogens with one attached hydrogen (secondary N) is 2. The Morgan fingerprint density at radius 1 is 0.952 bits per heavy atom. The third kappa shape index (κ3) is 4.84. The Kier molecular flexibility index (Phi) is 6.75. The van der Waals surface area contributed by atoms with Crippen LogP contribution in [0.2, 0.25) is 0 Å². The molecule has 220 valence electrons. The van der Waals surface area contributed by atoms with Crippen LogP contribution in [-0.2, 0) is 20.7 Å². The van der Waals surface area contributed by atoms with Gasteiger partial charge in [0, 0.05) is 36.0 Å². The second kappa shape index (κ2) is 10.5. The number of aromatic nitrogens is 1. The molecule has 0 radical (unpaired) electrons. The summed E-state index contributed by atoms with van der Waals surface area (Å²) in [6.45, 7) is 1.99. The minimum Gasteiger partial charge on any atom is -0.480 e. The van der Waals surface area contributed by atoms with E-state index in [-0.39, 0.29) is 25.0 Å². The van der Waals surface area contributed by atoms with Crippen LogP contribution in [0.4, 0.5) is 4.79 Å². The lowest BCUT2D eigenvalue weighted by molar-refractivity contribution is -0.151. The van der Waals surface area contributed by atoms with Gasteiger partial charge in [-0.2, -0.15) is 0 Å². The summed E-state index contributed by atoms with van der Waals surface area (Å²) in [4.78, 5) is 45.3. The zero-order chi connectivity index (χ0) is 29.0. The fourth-order valence-corrected chi connectivity index (χ4v) is 8.86. The number of fused-ring (bicyclic) bond motifs is 1. The van der Waals surface area contributed by atoms with E-state index in [1.165, 1.54) is 11.3 Å². The number of amides is 2. The van der Waals surface area contributed by atoms with Gasteiger partial charge in [-0.1, -0.05) is 48.5 Å². The number of H-pyrrole nitrogens is 1. The molecule has 2 heterocycles. The van der Waals surface area contributed by atoms with Gasteiger partial charge in [-0.05, 0) is 86.3 Å². The summed E-state index contributed by atoms with van der Waals surface area (Å²) in [5, 5.41) is 14.1. The van der Waals surface area contributed by atoms with Crippen molar-refractivity contribution in [2.45, 2.75) is 75.5 Å². The summed E-state index contributed by atoms with van der Waals surface area (Å²) >= 11 is 0. The number of para-hydroxylation sites is 1. The average molecular weight is 570 g/mol. The maximum atomic E-state index is 14.5. The monoisotopic (exact) mass is 569 g/mol. The second-order valence-electron chi connectivity index (χ2n) is 13.4. The molecule has 3 N–H and O–H groups in total. The Labute approximate surface area is 245 Å². The molecule has 5 aliphatic rings. The minimum atomic E-state index is -1.41.